The van der Waals surface area contributed by atoms with E-state index in [9.17, 15) is 8.78 Å². The molecule has 18 heavy (non-hydrogen) atoms. The highest BCUT2D eigenvalue weighted by molar-refractivity contribution is 9.10. The van der Waals surface area contributed by atoms with Gasteiger partial charge in [0.25, 0.3) is 0 Å². The lowest BCUT2D eigenvalue weighted by molar-refractivity contribution is -0.0495. The van der Waals surface area contributed by atoms with E-state index in [0.29, 0.717) is 15.9 Å². The normalized spacial score (nSPS) is 10.7. The summed E-state index contributed by atoms with van der Waals surface area (Å²) in [6, 6.07) is 4.62. The Balaban J connectivity index is 2.45. The van der Waals surface area contributed by atoms with Crippen molar-refractivity contribution in [3.05, 3.63) is 28.5 Å². The van der Waals surface area contributed by atoms with E-state index in [4.69, 9.17) is 0 Å². The predicted molar refractivity (Wildman–Crippen MR) is 62.1 cm³/mol. The van der Waals surface area contributed by atoms with E-state index in [1.54, 1.807) is 19.1 Å². The summed E-state index contributed by atoms with van der Waals surface area (Å²) < 4.78 is 29.6. The molecule has 0 atom stereocenters. The number of aryl methyl sites for hydroxylation is 1. The fourth-order valence-corrected chi connectivity index (χ4v) is 1.60. The molecule has 0 saturated carbocycles. The number of hydrogen-bond acceptors (Lipinski definition) is 5. The minimum absolute atomic E-state index is 0.0353. The number of ether oxygens (including phenoxy) is 1. The quantitative estimate of drug-likeness (QED) is 0.871. The average molecular weight is 317 g/mol. The molecule has 8 heteroatoms. The number of halogens is 3. The molecular weight excluding hydrogens is 310 g/mol. The standard InChI is InChI=1S/C10H7BrF2N4O/c1-5-14-16-9(17-15-5)7-3-2-6(11)4-8(7)18-10(12)13/h2-4,10H,1H3. The zero-order valence-electron chi connectivity index (χ0n) is 9.14. The average Bonchev–Trinajstić information content (AvgIpc) is 2.30. The van der Waals surface area contributed by atoms with Crippen molar-refractivity contribution in [1.29, 1.82) is 0 Å². The van der Waals surface area contributed by atoms with E-state index in [1.165, 1.54) is 6.07 Å². The van der Waals surface area contributed by atoms with Gasteiger partial charge in [-0.2, -0.15) is 8.78 Å². The van der Waals surface area contributed by atoms with E-state index in [1.807, 2.05) is 0 Å². The van der Waals surface area contributed by atoms with Crippen molar-refractivity contribution in [2.45, 2.75) is 13.5 Å². The van der Waals surface area contributed by atoms with Crippen LogP contribution in [0.3, 0.4) is 0 Å². The number of nitrogens with zero attached hydrogens (tertiary/aromatic N) is 4. The lowest BCUT2D eigenvalue weighted by atomic mass is 10.2. The molecule has 0 saturated heterocycles. The van der Waals surface area contributed by atoms with Crippen LogP contribution in [-0.2, 0) is 0 Å². The van der Waals surface area contributed by atoms with Crippen LogP contribution < -0.4 is 4.74 Å². The van der Waals surface area contributed by atoms with Gasteiger partial charge in [-0.25, -0.2) is 0 Å². The number of aromatic nitrogens is 4. The van der Waals surface area contributed by atoms with Gasteiger partial charge in [0.15, 0.2) is 5.82 Å². The second-order valence-electron chi connectivity index (χ2n) is 3.29. The molecule has 0 aliphatic rings. The summed E-state index contributed by atoms with van der Waals surface area (Å²) in [5.41, 5.74) is 0.304. The summed E-state index contributed by atoms with van der Waals surface area (Å²) in [4.78, 5) is 0. The van der Waals surface area contributed by atoms with Crippen LogP contribution in [0.5, 0.6) is 5.75 Å². The minimum Gasteiger partial charge on any atom is -0.434 e. The van der Waals surface area contributed by atoms with E-state index in [0.717, 1.165) is 0 Å². The van der Waals surface area contributed by atoms with Crippen molar-refractivity contribution in [3.63, 3.8) is 0 Å². The Labute approximate surface area is 109 Å². The maximum atomic E-state index is 12.3. The van der Waals surface area contributed by atoms with Crippen LogP contribution >= 0.6 is 15.9 Å². The monoisotopic (exact) mass is 316 g/mol. The van der Waals surface area contributed by atoms with Crippen molar-refractivity contribution < 1.29 is 13.5 Å². The number of alkyl halides is 2. The minimum atomic E-state index is -2.93. The highest BCUT2D eigenvalue weighted by Crippen LogP contribution is 2.31. The molecule has 0 aliphatic carbocycles. The molecule has 0 aliphatic heterocycles. The molecule has 0 radical (unpaired) electrons. The molecule has 2 rings (SSSR count). The number of benzene rings is 1. The number of rotatable bonds is 3. The molecule has 0 unspecified atom stereocenters. The summed E-state index contributed by atoms with van der Waals surface area (Å²) in [7, 11) is 0. The molecule has 1 aromatic heterocycles. The van der Waals surface area contributed by atoms with Crippen molar-refractivity contribution in [3.8, 4) is 17.1 Å². The first-order valence-corrected chi connectivity index (χ1v) is 5.64. The molecule has 5 nitrogen and oxygen atoms in total. The molecule has 0 spiro atoms. The Morgan fingerprint density at radius 3 is 2.44 bits per heavy atom. The number of hydrogen-bond donors (Lipinski definition) is 0. The van der Waals surface area contributed by atoms with Gasteiger partial charge in [-0.05, 0) is 25.1 Å². The first kappa shape index (κ1) is 12.7. The molecule has 0 bridgehead atoms. The summed E-state index contributed by atoms with van der Waals surface area (Å²) in [5, 5.41) is 15.0. The smallest absolute Gasteiger partial charge is 0.387 e. The third-order valence-corrected chi connectivity index (χ3v) is 2.47. The van der Waals surface area contributed by atoms with Crippen molar-refractivity contribution in [2.24, 2.45) is 0 Å². The van der Waals surface area contributed by atoms with Crippen LogP contribution in [0.25, 0.3) is 11.4 Å². The van der Waals surface area contributed by atoms with Crippen LogP contribution in [0.2, 0.25) is 0 Å². The molecule has 0 fully saturated rings. The second-order valence-corrected chi connectivity index (χ2v) is 4.21. The third kappa shape index (κ3) is 2.95. The topological polar surface area (TPSA) is 60.8 Å². The van der Waals surface area contributed by atoms with Crippen molar-refractivity contribution in [2.75, 3.05) is 0 Å². The van der Waals surface area contributed by atoms with Crippen LogP contribution in [0.4, 0.5) is 8.78 Å². The lowest BCUT2D eigenvalue weighted by Gasteiger charge is -2.09. The van der Waals surface area contributed by atoms with Gasteiger partial charge in [-0.1, -0.05) is 15.9 Å². The zero-order valence-corrected chi connectivity index (χ0v) is 10.7. The summed E-state index contributed by atoms with van der Waals surface area (Å²) in [6.07, 6.45) is 0. The maximum Gasteiger partial charge on any atom is 0.387 e. The van der Waals surface area contributed by atoms with Gasteiger partial charge >= 0.3 is 6.61 Å². The summed E-state index contributed by atoms with van der Waals surface area (Å²) in [6.45, 7) is -1.30. The van der Waals surface area contributed by atoms with Gasteiger partial charge < -0.3 is 4.74 Å². The summed E-state index contributed by atoms with van der Waals surface area (Å²) >= 11 is 3.17. The molecule has 2 aromatic rings. The van der Waals surface area contributed by atoms with E-state index in [-0.39, 0.29) is 11.6 Å². The highest BCUT2D eigenvalue weighted by atomic mass is 79.9. The Morgan fingerprint density at radius 2 is 1.83 bits per heavy atom. The molecule has 94 valence electrons. The summed E-state index contributed by atoms with van der Waals surface area (Å²) in [5.74, 6) is 0.489. The van der Waals surface area contributed by atoms with Gasteiger partial charge in [0.1, 0.15) is 5.75 Å². The first-order chi connectivity index (χ1) is 8.56. The predicted octanol–water partition coefficient (Wildman–Crippen LogP) is 2.61. The lowest BCUT2D eigenvalue weighted by Crippen LogP contribution is -2.05. The van der Waals surface area contributed by atoms with Gasteiger partial charge in [0, 0.05) is 4.47 Å². The van der Waals surface area contributed by atoms with Crippen LogP contribution in [0, 0.1) is 6.92 Å². The van der Waals surface area contributed by atoms with E-state index in [2.05, 4.69) is 41.1 Å². The van der Waals surface area contributed by atoms with Gasteiger partial charge in [-0.3, -0.25) is 0 Å². The molecule has 0 amide bonds. The third-order valence-electron chi connectivity index (χ3n) is 1.98. The Hall–Kier alpha value is -1.70. The fraction of sp³-hybridized carbons (Fsp3) is 0.200. The second kappa shape index (κ2) is 5.30. The van der Waals surface area contributed by atoms with Gasteiger partial charge in [0.2, 0.25) is 5.82 Å². The molecular formula is C10H7BrF2N4O. The van der Waals surface area contributed by atoms with Gasteiger partial charge in [0.05, 0.1) is 5.56 Å². The maximum absolute atomic E-state index is 12.3. The first-order valence-electron chi connectivity index (χ1n) is 4.85. The van der Waals surface area contributed by atoms with Crippen molar-refractivity contribution >= 4 is 15.9 Å². The largest absolute Gasteiger partial charge is 0.434 e. The Morgan fingerprint density at radius 1 is 1.17 bits per heavy atom. The van der Waals surface area contributed by atoms with E-state index >= 15 is 0 Å². The van der Waals surface area contributed by atoms with Crippen molar-refractivity contribution in [1.82, 2.24) is 20.4 Å². The molecule has 0 N–H and O–H groups in total. The Kier molecular flexibility index (Phi) is 3.75. The molecule has 1 aromatic carbocycles. The van der Waals surface area contributed by atoms with Crippen LogP contribution in [0.1, 0.15) is 5.82 Å². The van der Waals surface area contributed by atoms with Gasteiger partial charge in [-0.15, -0.1) is 20.4 Å². The van der Waals surface area contributed by atoms with Crippen LogP contribution in [0.15, 0.2) is 22.7 Å². The highest BCUT2D eigenvalue weighted by Gasteiger charge is 2.14. The zero-order chi connectivity index (χ0) is 13.1. The Bertz CT molecular complexity index is 550. The molecule has 1 heterocycles. The van der Waals surface area contributed by atoms with Crippen LogP contribution in [-0.4, -0.2) is 27.0 Å². The SMILES string of the molecule is Cc1nnc(-c2ccc(Br)cc2OC(F)F)nn1. The fourth-order valence-electron chi connectivity index (χ4n) is 1.26. The van der Waals surface area contributed by atoms with E-state index < -0.39 is 6.61 Å².